The summed E-state index contributed by atoms with van der Waals surface area (Å²) in [5.74, 6) is 0. The van der Waals surface area contributed by atoms with Crippen molar-refractivity contribution in [2.75, 3.05) is 46.5 Å². The molecule has 0 atom stereocenters. The lowest BCUT2D eigenvalue weighted by Gasteiger charge is -2.34. The highest BCUT2D eigenvalue weighted by Crippen LogP contribution is 2.19. The molecule has 0 amide bonds. The summed E-state index contributed by atoms with van der Waals surface area (Å²) in [6.07, 6.45) is 1.10. The van der Waals surface area contributed by atoms with Crippen LogP contribution in [0.4, 0.5) is 0 Å². The van der Waals surface area contributed by atoms with Crippen LogP contribution in [0, 0.1) is 0 Å². The molecule has 0 aromatic heterocycles. The third-order valence-electron chi connectivity index (χ3n) is 3.80. The number of rotatable bonds is 12. The predicted molar refractivity (Wildman–Crippen MR) is 82.2 cm³/mol. The van der Waals surface area contributed by atoms with Crippen LogP contribution in [0.2, 0.25) is 6.04 Å². The van der Waals surface area contributed by atoms with Crippen LogP contribution in [-0.4, -0.2) is 59.8 Å². The highest BCUT2D eigenvalue weighted by Gasteiger charge is 2.40. The molecule has 0 aliphatic heterocycles. The third kappa shape index (κ3) is 7.95. The molecule has 0 N–H and O–H groups in total. The van der Waals surface area contributed by atoms with Crippen molar-refractivity contribution in [3.63, 3.8) is 0 Å². The number of nitrogens with zero attached hydrogens (tertiary/aromatic N) is 1. The van der Waals surface area contributed by atoms with Crippen molar-refractivity contribution >= 4 is 8.80 Å². The van der Waals surface area contributed by atoms with Gasteiger partial charge in [0.25, 0.3) is 0 Å². The van der Waals surface area contributed by atoms with Crippen LogP contribution in [0.5, 0.6) is 0 Å². The lowest BCUT2D eigenvalue weighted by molar-refractivity contribution is -0.906. The van der Waals surface area contributed by atoms with Gasteiger partial charge in [-0.05, 0) is 34.6 Å². The minimum Gasteiger partial charge on any atom is -1.00 e. The van der Waals surface area contributed by atoms with Gasteiger partial charge in [-0.15, -0.1) is 0 Å². The maximum Gasteiger partial charge on any atom is 0.501 e. The van der Waals surface area contributed by atoms with Gasteiger partial charge in [-0.1, -0.05) is 0 Å². The Morgan fingerprint density at radius 3 is 1.50 bits per heavy atom. The zero-order valence-electron chi connectivity index (χ0n) is 14.2. The molecule has 0 aromatic rings. The Labute approximate surface area is 133 Å². The molecule has 0 rings (SSSR count). The smallest absolute Gasteiger partial charge is 0.501 e. The largest absolute Gasteiger partial charge is 1.00 e. The summed E-state index contributed by atoms with van der Waals surface area (Å²) in [6.45, 7) is 16.0. The summed E-state index contributed by atoms with van der Waals surface area (Å²) in [5.41, 5.74) is 0. The molecule has 0 aliphatic carbocycles. The molecular weight excluding hydrogens is 294 g/mol. The summed E-state index contributed by atoms with van der Waals surface area (Å²) < 4.78 is 18.7. The van der Waals surface area contributed by atoms with E-state index < -0.39 is 8.80 Å². The van der Waals surface area contributed by atoms with Crippen molar-refractivity contribution in [3.05, 3.63) is 0 Å². The van der Waals surface area contributed by atoms with E-state index in [2.05, 4.69) is 20.9 Å². The van der Waals surface area contributed by atoms with Gasteiger partial charge in [-0.3, -0.25) is 0 Å². The molecule has 0 radical (unpaired) electrons. The highest BCUT2D eigenvalue weighted by molar-refractivity contribution is 6.60. The zero-order chi connectivity index (χ0) is 14.8. The van der Waals surface area contributed by atoms with E-state index in [1.54, 1.807) is 0 Å². The fourth-order valence-electron chi connectivity index (χ4n) is 2.22. The summed E-state index contributed by atoms with van der Waals surface area (Å²) in [5, 5.41) is 0. The summed E-state index contributed by atoms with van der Waals surface area (Å²) in [4.78, 5) is 0. The summed E-state index contributed by atoms with van der Waals surface area (Å²) >= 11 is 0. The van der Waals surface area contributed by atoms with Crippen LogP contribution < -0.4 is 12.4 Å². The van der Waals surface area contributed by atoms with E-state index in [0.717, 1.165) is 23.5 Å². The molecule has 124 valence electrons. The molecule has 6 heteroatoms. The number of hydrogen-bond acceptors (Lipinski definition) is 3. The Morgan fingerprint density at radius 2 is 1.20 bits per heavy atom. The van der Waals surface area contributed by atoms with E-state index >= 15 is 0 Å². The Bertz CT molecular complexity index is 211. The van der Waals surface area contributed by atoms with Gasteiger partial charge < -0.3 is 30.2 Å². The molecule has 0 saturated carbocycles. The van der Waals surface area contributed by atoms with Crippen LogP contribution in [-0.2, 0) is 13.3 Å². The lowest BCUT2D eigenvalue weighted by atomic mass is 10.3. The van der Waals surface area contributed by atoms with Crippen LogP contribution in [0.3, 0.4) is 0 Å². The van der Waals surface area contributed by atoms with Crippen molar-refractivity contribution in [3.8, 4) is 0 Å². The van der Waals surface area contributed by atoms with Crippen molar-refractivity contribution in [2.24, 2.45) is 0 Å². The van der Waals surface area contributed by atoms with E-state index in [9.17, 15) is 0 Å². The third-order valence-corrected chi connectivity index (χ3v) is 6.95. The van der Waals surface area contributed by atoms with Crippen LogP contribution in [0.25, 0.3) is 0 Å². The maximum absolute atomic E-state index is 5.88. The van der Waals surface area contributed by atoms with Gasteiger partial charge >= 0.3 is 8.80 Å². The number of quaternary nitrogens is 1. The molecule has 0 spiro atoms. The van der Waals surface area contributed by atoms with Gasteiger partial charge in [-0.25, -0.2) is 0 Å². The van der Waals surface area contributed by atoms with E-state index in [1.807, 2.05) is 20.8 Å². The number of hydrogen-bond donors (Lipinski definition) is 0. The predicted octanol–water partition coefficient (Wildman–Crippen LogP) is -0.0847. The van der Waals surface area contributed by atoms with Gasteiger partial charge in [0.05, 0.1) is 26.7 Å². The Kier molecular flexibility index (Phi) is 13.5. The average molecular weight is 328 g/mol. The zero-order valence-corrected chi connectivity index (χ0v) is 16.0. The second kappa shape index (κ2) is 11.9. The Morgan fingerprint density at radius 1 is 0.800 bits per heavy atom. The Hall–Kier alpha value is 0.347. The quantitative estimate of drug-likeness (QED) is 0.370. The van der Waals surface area contributed by atoms with Crippen LogP contribution in [0.15, 0.2) is 0 Å². The molecule has 0 saturated heterocycles. The van der Waals surface area contributed by atoms with E-state index in [1.165, 1.54) is 13.1 Å². The normalized spacial score (nSPS) is 12.3. The minimum atomic E-state index is -2.43. The first-order valence-electron chi connectivity index (χ1n) is 7.76. The molecule has 0 aromatic carbocycles. The Balaban J connectivity index is 0. The van der Waals surface area contributed by atoms with Crippen LogP contribution in [0.1, 0.15) is 41.0 Å². The first-order valence-corrected chi connectivity index (χ1v) is 9.70. The van der Waals surface area contributed by atoms with Crippen LogP contribution >= 0.6 is 0 Å². The molecule has 0 heterocycles. The average Bonchev–Trinajstić information content (AvgIpc) is 2.39. The van der Waals surface area contributed by atoms with Crippen molar-refractivity contribution < 1.29 is 30.2 Å². The van der Waals surface area contributed by atoms with Gasteiger partial charge in [-0.2, -0.15) is 0 Å². The molecule has 0 bridgehead atoms. The molecule has 0 aliphatic rings. The first-order chi connectivity index (χ1) is 9.01. The van der Waals surface area contributed by atoms with Crippen molar-refractivity contribution in [1.29, 1.82) is 0 Å². The second-order valence-corrected chi connectivity index (χ2v) is 7.79. The molecule has 4 nitrogen and oxygen atoms in total. The van der Waals surface area contributed by atoms with Gasteiger partial charge in [0.1, 0.15) is 0 Å². The lowest BCUT2D eigenvalue weighted by Crippen LogP contribution is -3.00. The summed E-state index contributed by atoms with van der Waals surface area (Å²) in [6, 6.07) is 0.927. The second-order valence-electron chi connectivity index (χ2n) is 5.06. The fourth-order valence-corrected chi connectivity index (χ4v) is 4.81. The van der Waals surface area contributed by atoms with E-state index in [4.69, 9.17) is 13.3 Å². The van der Waals surface area contributed by atoms with Crippen molar-refractivity contribution in [1.82, 2.24) is 0 Å². The summed E-state index contributed by atoms with van der Waals surface area (Å²) in [7, 11) is -0.120. The highest BCUT2D eigenvalue weighted by atomic mass is 35.5. The van der Waals surface area contributed by atoms with E-state index in [-0.39, 0.29) is 12.4 Å². The maximum atomic E-state index is 5.88. The molecular formula is C14H34ClNO3Si. The molecule has 0 fully saturated rings. The SMILES string of the molecule is CCO[Si](CCC[N+](C)(CC)CC)(OCC)OCC.[Cl-]. The standard InChI is InChI=1S/C14H34NO3Si.ClH/c1-7-15(6,8-2)13-12-14-19(16-9-3,17-10-4)18-11-5;/h7-14H2,1-6H3;1H/q+1;/p-1. The van der Waals surface area contributed by atoms with Crippen molar-refractivity contribution in [2.45, 2.75) is 47.1 Å². The fraction of sp³-hybridized carbons (Fsp3) is 1.00. The monoisotopic (exact) mass is 327 g/mol. The molecule has 0 unspecified atom stereocenters. The minimum absolute atomic E-state index is 0. The molecule has 20 heavy (non-hydrogen) atoms. The number of halogens is 1. The topological polar surface area (TPSA) is 27.7 Å². The van der Waals surface area contributed by atoms with Gasteiger partial charge in [0, 0.05) is 32.3 Å². The van der Waals surface area contributed by atoms with E-state index in [0.29, 0.717) is 19.8 Å². The first kappa shape index (κ1) is 22.6. The van der Waals surface area contributed by atoms with Gasteiger partial charge in [0.2, 0.25) is 0 Å². The van der Waals surface area contributed by atoms with Gasteiger partial charge in [0.15, 0.2) is 0 Å².